The van der Waals surface area contributed by atoms with Crippen molar-refractivity contribution in [3.8, 4) is 5.75 Å². The van der Waals surface area contributed by atoms with Gasteiger partial charge < -0.3 is 20.1 Å². The van der Waals surface area contributed by atoms with E-state index in [9.17, 15) is 9.59 Å². The monoisotopic (exact) mass is 378 g/mol. The maximum atomic E-state index is 12.4. The van der Waals surface area contributed by atoms with Crippen LogP contribution in [0.2, 0.25) is 0 Å². The Bertz CT molecular complexity index is 990. The first-order valence-electron chi connectivity index (χ1n) is 8.33. The van der Waals surface area contributed by atoms with E-state index in [1.54, 1.807) is 37.4 Å². The standard InChI is InChI=1S/C20H18N4O4/c1-27-16-8-4-7-15(12-16)21-18-10-9-17(23-24-18)19(25)22-14-6-3-5-13(11-14)20(26)28-2/h3-12H,1-2H3,(H,21,24)(H,22,25). The third kappa shape index (κ3) is 4.61. The van der Waals surface area contributed by atoms with Gasteiger partial charge in [0.15, 0.2) is 11.5 Å². The van der Waals surface area contributed by atoms with Crippen LogP contribution in [0.4, 0.5) is 17.2 Å². The Morgan fingerprint density at radius 1 is 0.893 bits per heavy atom. The lowest BCUT2D eigenvalue weighted by atomic mass is 10.2. The van der Waals surface area contributed by atoms with Crippen molar-refractivity contribution < 1.29 is 19.1 Å². The number of hydrogen-bond acceptors (Lipinski definition) is 7. The molecule has 8 heteroatoms. The second-order valence-corrected chi connectivity index (χ2v) is 5.69. The Kier molecular flexibility index (Phi) is 5.81. The van der Waals surface area contributed by atoms with Crippen LogP contribution >= 0.6 is 0 Å². The van der Waals surface area contributed by atoms with E-state index in [1.807, 2.05) is 24.3 Å². The van der Waals surface area contributed by atoms with E-state index in [4.69, 9.17) is 4.74 Å². The molecule has 8 nitrogen and oxygen atoms in total. The molecule has 2 aromatic carbocycles. The van der Waals surface area contributed by atoms with Gasteiger partial charge in [0.25, 0.3) is 5.91 Å². The largest absolute Gasteiger partial charge is 0.497 e. The molecular formula is C20H18N4O4. The third-order valence-corrected chi connectivity index (χ3v) is 3.78. The Hall–Kier alpha value is -3.94. The van der Waals surface area contributed by atoms with Crippen LogP contribution in [-0.2, 0) is 4.74 Å². The Morgan fingerprint density at radius 2 is 1.68 bits per heavy atom. The summed E-state index contributed by atoms with van der Waals surface area (Å²) in [5.74, 6) is 0.270. The molecule has 0 aliphatic heterocycles. The summed E-state index contributed by atoms with van der Waals surface area (Å²) in [7, 11) is 2.89. The minimum Gasteiger partial charge on any atom is -0.497 e. The Morgan fingerprint density at radius 3 is 2.39 bits per heavy atom. The van der Waals surface area contributed by atoms with E-state index < -0.39 is 11.9 Å². The maximum absolute atomic E-state index is 12.4. The molecule has 0 aliphatic carbocycles. The van der Waals surface area contributed by atoms with Crippen molar-refractivity contribution in [2.75, 3.05) is 24.9 Å². The van der Waals surface area contributed by atoms with Crippen molar-refractivity contribution in [1.82, 2.24) is 10.2 Å². The fraction of sp³-hybridized carbons (Fsp3) is 0.100. The number of hydrogen-bond donors (Lipinski definition) is 2. The number of carbonyl (C=O) groups is 2. The molecule has 1 amide bonds. The maximum Gasteiger partial charge on any atom is 0.337 e. The Balaban J connectivity index is 1.67. The van der Waals surface area contributed by atoms with E-state index in [0.717, 1.165) is 5.69 Å². The highest BCUT2D eigenvalue weighted by Gasteiger charge is 2.11. The molecule has 0 atom stereocenters. The molecule has 0 bridgehead atoms. The molecule has 142 valence electrons. The second kappa shape index (κ2) is 8.63. The zero-order valence-electron chi connectivity index (χ0n) is 15.3. The van der Waals surface area contributed by atoms with Gasteiger partial charge in [-0.15, -0.1) is 10.2 Å². The van der Waals surface area contributed by atoms with Crippen molar-refractivity contribution in [1.29, 1.82) is 0 Å². The molecular weight excluding hydrogens is 360 g/mol. The first kappa shape index (κ1) is 18.8. The van der Waals surface area contributed by atoms with Crippen molar-refractivity contribution in [3.05, 3.63) is 71.9 Å². The van der Waals surface area contributed by atoms with Crippen LogP contribution < -0.4 is 15.4 Å². The van der Waals surface area contributed by atoms with Crippen LogP contribution in [0.15, 0.2) is 60.7 Å². The van der Waals surface area contributed by atoms with Crippen LogP contribution in [-0.4, -0.2) is 36.3 Å². The smallest absolute Gasteiger partial charge is 0.337 e. The SMILES string of the molecule is COC(=O)c1cccc(NC(=O)c2ccc(Nc3cccc(OC)c3)nn2)c1. The topological polar surface area (TPSA) is 102 Å². The number of esters is 1. The minimum absolute atomic E-state index is 0.139. The molecule has 0 unspecified atom stereocenters. The van der Waals surface area contributed by atoms with Gasteiger partial charge in [-0.2, -0.15) is 0 Å². The molecule has 0 spiro atoms. The van der Waals surface area contributed by atoms with Gasteiger partial charge in [-0.1, -0.05) is 12.1 Å². The fourth-order valence-corrected chi connectivity index (χ4v) is 2.41. The molecule has 1 heterocycles. The average Bonchev–Trinajstić information content (AvgIpc) is 2.74. The van der Waals surface area contributed by atoms with E-state index >= 15 is 0 Å². The molecule has 0 radical (unpaired) electrons. The summed E-state index contributed by atoms with van der Waals surface area (Å²) < 4.78 is 9.84. The number of nitrogens with one attached hydrogen (secondary N) is 2. The zero-order valence-corrected chi connectivity index (χ0v) is 15.3. The highest BCUT2D eigenvalue weighted by molar-refractivity contribution is 6.03. The van der Waals surface area contributed by atoms with Gasteiger partial charge in [0.05, 0.1) is 19.8 Å². The van der Waals surface area contributed by atoms with Crippen molar-refractivity contribution >= 4 is 29.1 Å². The third-order valence-electron chi connectivity index (χ3n) is 3.78. The fourth-order valence-electron chi connectivity index (χ4n) is 2.41. The molecule has 0 aliphatic rings. The lowest BCUT2D eigenvalue weighted by Gasteiger charge is -2.08. The zero-order chi connectivity index (χ0) is 19.9. The predicted octanol–water partition coefficient (Wildman–Crippen LogP) is 3.27. The second-order valence-electron chi connectivity index (χ2n) is 5.69. The summed E-state index contributed by atoms with van der Waals surface area (Å²) in [5, 5.41) is 13.7. The average molecular weight is 378 g/mol. The van der Waals surface area contributed by atoms with Crippen molar-refractivity contribution in [3.63, 3.8) is 0 Å². The number of ether oxygens (including phenoxy) is 2. The van der Waals surface area contributed by atoms with Crippen LogP contribution in [0.25, 0.3) is 0 Å². The van der Waals surface area contributed by atoms with Crippen LogP contribution in [0.1, 0.15) is 20.8 Å². The summed E-state index contributed by atoms with van der Waals surface area (Å²) in [5.41, 5.74) is 1.71. The van der Waals surface area contributed by atoms with Gasteiger partial charge in [0, 0.05) is 17.4 Å². The van der Waals surface area contributed by atoms with Gasteiger partial charge in [-0.05, 0) is 42.5 Å². The van der Waals surface area contributed by atoms with E-state index in [2.05, 4.69) is 25.6 Å². The van der Waals surface area contributed by atoms with Crippen molar-refractivity contribution in [2.45, 2.75) is 0 Å². The number of amides is 1. The quantitative estimate of drug-likeness (QED) is 0.635. The number of methoxy groups -OCH3 is 2. The summed E-state index contributed by atoms with van der Waals surface area (Å²) in [6, 6.07) is 17.0. The van der Waals surface area contributed by atoms with Crippen molar-refractivity contribution in [2.24, 2.45) is 0 Å². The first-order chi connectivity index (χ1) is 13.6. The lowest BCUT2D eigenvalue weighted by Crippen LogP contribution is -2.15. The molecule has 3 aromatic rings. The molecule has 0 saturated heterocycles. The summed E-state index contributed by atoms with van der Waals surface area (Å²) in [6.07, 6.45) is 0. The van der Waals surface area contributed by atoms with Gasteiger partial charge in [0.2, 0.25) is 0 Å². The van der Waals surface area contributed by atoms with Crippen LogP contribution in [0, 0.1) is 0 Å². The molecule has 0 saturated carbocycles. The normalized spacial score (nSPS) is 10.1. The highest BCUT2D eigenvalue weighted by Crippen LogP contribution is 2.20. The number of benzene rings is 2. The van der Waals surface area contributed by atoms with Gasteiger partial charge in [-0.3, -0.25) is 4.79 Å². The van der Waals surface area contributed by atoms with Crippen LogP contribution in [0.5, 0.6) is 5.75 Å². The number of anilines is 3. The summed E-state index contributed by atoms with van der Waals surface area (Å²) >= 11 is 0. The molecule has 0 fully saturated rings. The molecule has 1 aromatic heterocycles. The number of rotatable bonds is 6. The summed E-state index contributed by atoms with van der Waals surface area (Å²) in [6.45, 7) is 0. The van der Waals surface area contributed by atoms with Crippen LogP contribution in [0.3, 0.4) is 0 Å². The number of carbonyl (C=O) groups excluding carboxylic acids is 2. The predicted molar refractivity (Wildman–Crippen MR) is 104 cm³/mol. The molecule has 3 rings (SSSR count). The number of aromatic nitrogens is 2. The van der Waals surface area contributed by atoms with E-state index in [1.165, 1.54) is 13.2 Å². The lowest BCUT2D eigenvalue weighted by molar-refractivity contribution is 0.0600. The highest BCUT2D eigenvalue weighted by atomic mass is 16.5. The van der Waals surface area contributed by atoms with Gasteiger partial charge >= 0.3 is 5.97 Å². The minimum atomic E-state index is -0.483. The number of nitrogens with zero attached hydrogens (tertiary/aromatic N) is 2. The molecule has 28 heavy (non-hydrogen) atoms. The molecule has 2 N–H and O–H groups in total. The Labute approximate surface area is 161 Å². The summed E-state index contributed by atoms with van der Waals surface area (Å²) in [4.78, 5) is 23.9. The first-order valence-corrected chi connectivity index (χ1v) is 8.33. The van der Waals surface area contributed by atoms with Gasteiger partial charge in [-0.25, -0.2) is 4.79 Å². The van der Waals surface area contributed by atoms with E-state index in [-0.39, 0.29) is 5.69 Å². The van der Waals surface area contributed by atoms with E-state index in [0.29, 0.717) is 22.8 Å². The van der Waals surface area contributed by atoms with Gasteiger partial charge in [0.1, 0.15) is 5.75 Å².